The topological polar surface area (TPSA) is 76.6 Å². The van der Waals surface area contributed by atoms with Crippen molar-refractivity contribution in [3.8, 4) is 5.88 Å². The quantitative estimate of drug-likeness (QED) is 0.905. The molecule has 1 aliphatic heterocycles. The Morgan fingerprint density at radius 2 is 1.96 bits per heavy atom. The summed E-state index contributed by atoms with van der Waals surface area (Å²) >= 11 is 0. The van der Waals surface area contributed by atoms with Crippen LogP contribution in [0.15, 0.2) is 24.3 Å². The lowest BCUT2D eigenvalue weighted by molar-refractivity contribution is 0.0520. The van der Waals surface area contributed by atoms with Gasteiger partial charge in [0.05, 0.1) is 18.1 Å². The molecule has 1 saturated heterocycles. The number of nitrogens with zero attached hydrogens (tertiary/aromatic N) is 3. The average Bonchev–Trinajstić information content (AvgIpc) is 3.06. The van der Waals surface area contributed by atoms with E-state index >= 15 is 0 Å². The molecule has 140 valence electrons. The Hall–Kier alpha value is -2.57. The minimum Gasteiger partial charge on any atom is -0.478 e. The monoisotopic (exact) mass is 358 g/mol. The zero-order valence-corrected chi connectivity index (χ0v) is 15.8. The summed E-state index contributed by atoms with van der Waals surface area (Å²) in [6.07, 6.45) is 0.590. The van der Waals surface area contributed by atoms with Gasteiger partial charge in [0.2, 0.25) is 0 Å². The first-order valence-corrected chi connectivity index (χ1v) is 8.88. The molecule has 3 rings (SSSR count). The van der Waals surface area contributed by atoms with Gasteiger partial charge in [-0.1, -0.05) is 12.1 Å². The Labute approximate surface area is 153 Å². The third-order valence-corrected chi connectivity index (χ3v) is 4.23. The zero-order chi connectivity index (χ0) is 18.7. The van der Waals surface area contributed by atoms with Crippen molar-refractivity contribution >= 4 is 22.9 Å². The number of methoxy groups -OCH3 is 1. The molecule has 1 aromatic heterocycles. The van der Waals surface area contributed by atoms with Crippen LogP contribution in [-0.4, -0.2) is 48.4 Å². The van der Waals surface area contributed by atoms with E-state index in [-0.39, 0.29) is 6.09 Å². The van der Waals surface area contributed by atoms with Crippen molar-refractivity contribution in [1.29, 1.82) is 0 Å². The minimum absolute atomic E-state index is 0.334. The van der Waals surface area contributed by atoms with Gasteiger partial charge < -0.3 is 19.7 Å². The fourth-order valence-corrected chi connectivity index (χ4v) is 3.05. The lowest BCUT2D eigenvalue weighted by Crippen LogP contribution is -2.36. The highest BCUT2D eigenvalue weighted by Gasteiger charge is 2.27. The van der Waals surface area contributed by atoms with Crippen LogP contribution in [0.4, 0.5) is 10.6 Å². The predicted octanol–water partition coefficient (Wildman–Crippen LogP) is 2.99. The number of alkyl carbamates (subject to hydrolysis) is 1. The molecule has 2 heterocycles. The zero-order valence-electron chi connectivity index (χ0n) is 15.8. The van der Waals surface area contributed by atoms with Crippen molar-refractivity contribution in [2.45, 2.75) is 32.8 Å². The fourth-order valence-electron chi connectivity index (χ4n) is 3.05. The number of hydrogen-bond acceptors (Lipinski definition) is 6. The van der Waals surface area contributed by atoms with Gasteiger partial charge in [-0.2, -0.15) is 0 Å². The largest absolute Gasteiger partial charge is 0.478 e. The molecule has 7 nitrogen and oxygen atoms in total. The Bertz CT molecular complexity index is 788. The molecule has 1 amide bonds. The highest BCUT2D eigenvalue weighted by Crippen LogP contribution is 2.30. The highest BCUT2D eigenvalue weighted by molar-refractivity contribution is 5.77. The Morgan fingerprint density at radius 3 is 2.62 bits per heavy atom. The van der Waals surface area contributed by atoms with Gasteiger partial charge in [0, 0.05) is 19.6 Å². The molecule has 1 atom stereocenters. The molecule has 1 N–H and O–H groups in total. The summed E-state index contributed by atoms with van der Waals surface area (Å²) in [6.45, 7) is 7.79. The van der Waals surface area contributed by atoms with E-state index in [1.807, 2.05) is 45.0 Å². The summed E-state index contributed by atoms with van der Waals surface area (Å²) in [7, 11) is 1.61. The number of ether oxygens (including phenoxy) is 2. The molecule has 7 heteroatoms. The second-order valence-electron chi connectivity index (χ2n) is 7.53. The second-order valence-corrected chi connectivity index (χ2v) is 7.53. The van der Waals surface area contributed by atoms with Crippen molar-refractivity contribution < 1.29 is 14.3 Å². The van der Waals surface area contributed by atoms with Crippen LogP contribution >= 0.6 is 0 Å². The Kier molecular flexibility index (Phi) is 5.15. The molecular formula is C19H26N4O3. The van der Waals surface area contributed by atoms with Gasteiger partial charge in [-0.05, 0) is 45.2 Å². The van der Waals surface area contributed by atoms with Crippen molar-refractivity contribution in [2.75, 3.05) is 31.6 Å². The molecule has 1 aliphatic rings. The number of benzene rings is 1. The number of aromatic nitrogens is 2. The molecule has 0 aliphatic carbocycles. The van der Waals surface area contributed by atoms with Gasteiger partial charge in [0.25, 0.3) is 5.88 Å². The molecule has 2 aromatic rings. The number of para-hydroxylation sites is 2. The average molecular weight is 358 g/mol. The molecule has 0 bridgehead atoms. The van der Waals surface area contributed by atoms with Gasteiger partial charge in [-0.15, -0.1) is 0 Å². The van der Waals surface area contributed by atoms with Gasteiger partial charge in [-0.25, -0.2) is 14.8 Å². The Morgan fingerprint density at radius 1 is 1.27 bits per heavy atom. The number of anilines is 1. The maximum Gasteiger partial charge on any atom is 0.407 e. The van der Waals surface area contributed by atoms with Gasteiger partial charge in [0.15, 0.2) is 5.82 Å². The first-order chi connectivity index (χ1) is 12.4. The van der Waals surface area contributed by atoms with E-state index in [4.69, 9.17) is 14.5 Å². The highest BCUT2D eigenvalue weighted by atomic mass is 16.6. The van der Waals surface area contributed by atoms with Crippen LogP contribution in [0.3, 0.4) is 0 Å². The summed E-state index contributed by atoms with van der Waals surface area (Å²) in [5, 5.41) is 2.86. The maximum atomic E-state index is 11.8. The smallest absolute Gasteiger partial charge is 0.407 e. The lowest BCUT2D eigenvalue weighted by Gasteiger charge is -2.21. The van der Waals surface area contributed by atoms with E-state index in [9.17, 15) is 4.79 Å². The number of amides is 1. The van der Waals surface area contributed by atoms with Gasteiger partial charge in [-0.3, -0.25) is 0 Å². The van der Waals surface area contributed by atoms with E-state index < -0.39 is 5.60 Å². The molecule has 1 aromatic carbocycles. The van der Waals surface area contributed by atoms with Crippen molar-refractivity contribution in [2.24, 2.45) is 5.92 Å². The van der Waals surface area contributed by atoms with Crippen LogP contribution < -0.4 is 15.0 Å². The van der Waals surface area contributed by atoms with Crippen LogP contribution in [0.2, 0.25) is 0 Å². The van der Waals surface area contributed by atoms with Crippen LogP contribution in [0, 0.1) is 5.92 Å². The number of carbonyl (C=O) groups excluding carboxylic acids is 1. The summed E-state index contributed by atoms with van der Waals surface area (Å²) in [4.78, 5) is 23.3. The van der Waals surface area contributed by atoms with E-state index in [2.05, 4.69) is 15.2 Å². The fraction of sp³-hybridized carbons (Fsp3) is 0.526. The SMILES string of the molecule is COc1nc2ccccc2nc1N1CC[C@@H](CNC(=O)OC(C)(C)C)C1. The van der Waals surface area contributed by atoms with Gasteiger partial charge >= 0.3 is 6.09 Å². The first kappa shape index (κ1) is 18.2. The van der Waals surface area contributed by atoms with Gasteiger partial charge in [0.1, 0.15) is 5.60 Å². The first-order valence-electron chi connectivity index (χ1n) is 8.88. The number of fused-ring (bicyclic) bond motifs is 1. The molecule has 0 radical (unpaired) electrons. The molecule has 0 saturated carbocycles. The third kappa shape index (κ3) is 4.33. The Balaban J connectivity index is 1.65. The predicted molar refractivity (Wildman–Crippen MR) is 101 cm³/mol. The van der Waals surface area contributed by atoms with Crippen LogP contribution in [0.5, 0.6) is 5.88 Å². The van der Waals surface area contributed by atoms with Crippen molar-refractivity contribution in [1.82, 2.24) is 15.3 Å². The standard InChI is InChI=1S/C19H26N4O3/c1-19(2,3)26-18(24)20-11-13-9-10-23(12-13)16-17(25-4)22-15-8-6-5-7-14(15)21-16/h5-8,13H,9-12H2,1-4H3,(H,20,24)/t13-/m0/s1. The maximum absolute atomic E-state index is 11.8. The van der Waals surface area contributed by atoms with E-state index in [1.165, 1.54) is 0 Å². The molecule has 0 spiro atoms. The number of rotatable bonds is 4. The molecular weight excluding hydrogens is 332 g/mol. The van der Waals surface area contributed by atoms with Crippen molar-refractivity contribution in [3.63, 3.8) is 0 Å². The van der Waals surface area contributed by atoms with Crippen LogP contribution in [0.1, 0.15) is 27.2 Å². The van der Waals surface area contributed by atoms with E-state index in [0.29, 0.717) is 18.3 Å². The lowest BCUT2D eigenvalue weighted by atomic mass is 10.1. The summed E-state index contributed by atoms with van der Waals surface area (Å²) in [5.74, 6) is 1.62. The third-order valence-electron chi connectivity index (χ3n) is 4.23. The molecule has 0 unspecified atom stereocenters. The van der Waals surface area contributed by atoms with E-state index in [1.54, 1.807) is 7.11 Å². The number of nitrogens with one attached hydrogen (secondary N) is 1. The summed E-state index contributed by atoms with van der Waals surface area (Å²) < 4.78 is 10.7. The number of hydrogen-bond donors (Lipinski definition) is 1. The second kappa shape index (κ2) is 7.35. The molecule has 1 fully saturated rings. The van der Waals surface area contributed by atoms with Crippen molar-refractivity contribution in [3.05, 3.63) is 24.3 Å². The minimum atomic E-state index is -0.486. The number of carbonyl (C=O) groups is 1. The van der Waals surface area contributed by atoms with E-state index in [0.717, 1.165) is 36.4 Å². The normalized spacial score (nSPS) is 17.4. The molecule has 26 heavy (non-hydrogen) atoms. The van der Waals surface area contributed by atoms with Crippen LogP contribution in [0.25, 0.3) is 11.0 Å². The summed E-state index contributed by atoms with van der Waals surface area (Å²) in [6, 6.07) is 7.75. The summed E-state index contributed by atoms with van der Waals surface area (Å²) in [5.41, 5.74) is 1.17. The van der Waals surface area contributed by atoms with Crippen LogP contribution in [-0.2, 0) is 4.74 Å².